The van der Waals surface area contributed by atoms with Crippen LogP contribution < -0.4 is 0 Å². The molecule has 10 nitrogen and oxygen atoms in total. The van der Waals surface area contributed by atoms with Crippen LogP contribution in [-0.2, 0) is 42.9 Å². The zero-order chi connectivity index (χ0) is 27.0. The molecule has 1 aromatic rings. The van der Waals surface area contributed by atoms with Gasteiger partial charge in [-0.25, -0.2) is 4.79 Å². The molecule has 1 aromatic heterocycles. The molecule has 7 rings (SSSR count). The molecular formula is C28H32O10. The molecule has 204 valence electrons. The summed E-state index contributed by atoms with van der Waals surface area (Å²) >= 11 is 0. The largest absolute Gasteiger partial charge is 0.472 e. The Morgan fingerprint density at radius 2 is 1.84 bits per heavy atom. The predicted octanol–water partition coefficient (Wildman–Crippen LogP) is 2.68. The van der Waals surface area contributed by atoms with Crippen LogP contribution in [0, 0.1) is 28.1 Å². The van der Waals surface area contributed by atoms with Crippen molar-refractivity contribution in [2.75, 3.05) is 6.61 Å². The van der Waals surface area contributed by atoms with Crippen molar-refractivity contribution in [3.63, 3.8) is 0 Å². The second kappa shape index (κ2) is 7.07. The molecule has 2 aliphatic carbocycles. The fourth-order valence-electron chi connectivity index (χ4n) is 9.78. The molecule has 10 heteroatoms. The van der Waals surface area contributed by atoms with Crippen LogP contribution >= 0.6 is 0 Å². The van der Waals surface area contributed by atoms with Crippen LogP contribution in [0.4, 0.5) is 0 Å². The highest BCUT2D eigenvalue weighted by Crippen LogP contribution is 2.79. The van der Waals surface area contributed by atoms with E-state index in [1.165, 1.54) is 13.2 Å². The Kier molecular flexibility index (Phi) is 4.53. The lowest BCUT2D eigenvalue weighted by Crippen LogP contribution is -2.76. The Balaban J connectivity index is 1.45. The molecule has 2 saturated carbocycles. The van der Waals surface area contributed by atoms with Crippen molar-refractivity contribution in [3.05, 3.63) is 24.2 Å². The first-order valence-electron chi connectivity index (χ1n) is 13.3. The van der Waals surface area contributed by atoms with Crippen LogP contribution in [0.3, 0.4) is 0 Å². The number of fused-ring (bicyclic) bond motifs is 1. The minimum atomic E-state index is -1.26. The smallest absolute Gasteiger partial charge is 0.339 e. The number of carbonyl (C=O) groups is 4. The number of hydrogen-bond acceptors (Lipinski definition) is 10. The predicted molar refractivity (Wildman–Crippen MR) is 125 cm³/mol. The number of ketones is 1. The fourth-order valence-corrected chi connectivity index (χ4v) is 9.78. The lowest BCUT2D eigenvalue weighted by Gasteiger charge is -2.65. The summed E-state index contributed by atoms with van der Waals surface area (Å²) in [4.78, 5) is 53.0. The summed E-state index contributed by atoms with van der Waals surface area (Å²) < 4.78 is 35.7. The van der Waals surface area contributed by atoms with E-state index in [9.17, 15) is 19.2 Å². The number of furan rings is 1. The SMILES string of the molecule is CC(=O)O[C@@H]1C(=O)[C@]2(C)[C@H](CC[C@@]3(C)[C@H](c4ccoc4)OC(=O)[C@H]4O[C@]432)[C@@]23COC(=O)C[C@@H]2OC(C)(C)[C@H]13. The van der Waals surface area contributed by atoms with E-state index in [2.05, 4.69) is 0 Å². The molecule has 38 heavy (non-hydrogen) atoms. The molecule has 2 spiro atoms. The third-order valence-electron chi connectivity index (χ3n) is 11.0. The quantitative estimate of drug-likeness (QED) is 0.321. The molecule has 0 unspecified atom stereocenters. The molecule has 6 fully saturated rings. The van der Waals surface area contributed by atoms with Crippen molar-refractivity contribution >= 4 is 23.7 Å². The highest BCUT2D eigenvalue weighted by molar-refractivity contribution is 5.97. The van der Waals surface area contributed by atoms with E-state index in [0.29, 0.717) is 18.4 Å². The lowest BCUT2D eigenvalue weighted by atomic mass is 9.36. The van der Waals surface area contributed by atoms with Gasteiger partial charge in [0.2, 0.25) is 0 Å². The van der Waals surface area contributed by atoms with Crippen LogP contribution in [0.25, 0.3) is 0 Å². The first-order chi connectivity index (χ1) is 17.8. The highest BCUT2D eigenvalue weighted by Gasteiger charge is 2.91. The van der Waals surface area contributed by atoms with E-state index in [1.54, 1.807) is 12.3 Å². The van der Waals surface area contributed by atoms with Gasteiger partial charge in [-0.2, -0.15) is 0 Å². The number of Topliss-reactive ketones (excluding diaryl/α,β-unsaturated/α-hetero) is 1. The molecule has 0 N–H and O–H groups in total. The molecule has 4 saturated heterocycles. The van der Waals surface area contributed by atoms with Gasteiger partial charge in [0.05, 0.1) is 36.1 Å². The van der Waals surface area contributed by atoms with E-state index < -0.39 is 69.7 Å². The van der Waals surface area contributed by atoms with Crippen LogP contribution in [0.15, 0.2) is 23.0 Å². The van der Waals surface area contributed by atoms with Gasteiger partial charge in [-0.15, -0.1) is 0 Å². The maximum atomic E-state index is 14.8. The second-order valence-electron chi connectivity index (χ2n) is 12.9. The van der Waals surface area contributed by atoms with Gasteiger partial charge in [0.1, 0.15) is 18.3 Å². The molecule has 0 radical (unpaired) electrons. The van der Waals surface area contributed by atoms with Crippen molar-refractivity contribution in [1.29, 1.82) is 0 Å². The van der Waals surface area contributed by atoms with E-state index in [-0.39, 0.29) is 30.7 Å². The Morgan fingerprint density at radius 1 is 1.08 bits per heavy atom. The molecular weight excluding hydrogens is 496 g/mol. The standard InChI is InChI=1S/C28H32O10/c1-13(29)35-18-19-24(2,3)37-16-10-17(30)34-12-27(16,19)15-6-8-25(4)21(14-7-9-33-11-14)36-23(32)22-28(25,38-22)26(15,5)20(18)31/h7,9,11,15-16,18-19,21-22H,6,8,10,12H2,1-5H3/t15-,16-,18-,19-,21-,22+,25-,26-,27-,28+/m0/s1. The van der Waals surface area contributed by atoms with Gasteiger partial charge in [0, 0.05) is 29.2 Å². The maximum Gasteiger partial charge on any atom is 0.339 e. The minimum Gasteiger partial charge on any atom is -0.472 e. The second-order valence-corrected chi connectivity index (χ2v) is 12.9. The van der Waals surface area contributed by atoms with Crippen molar-refractivity contribution in [3.8, 4) is 0 Å². The number of cyclic esters (lactones) is 2. The third-order valence-corrected chi connectivity index (χ3v) is 11.0. The number of epoxide rings is 1. The van der Waals surface area contributed by atoms with E-state index in [0.717, 1.165) is 0 Å². The van der Waals surface area contributed by atoms with Crippen LogP contribution in [0.1, 0.15) is 65.5 Å². The molecule has 0 bridgehead atoms. The number of ether oxygens (including phenoxy) is 5. The number of carbonyl (C=O) groups excluding carboxylic acids is 4. The Hall–Kier alpha value is -2.72. The summed E-state index contributed by atoms with van der Waals surface area (Å²) in [5.74, 6) is -2.65. The monoisotopic (exact) mass is 528 g/mol. The van der Waals surface area contributed by atoms with E-state index in [4.69, 9.17) is 28.1 Å². The Bertz CT molecular complexity index is 1270. The van der Waals surface area contributed by atoms with E-state index >= 15 is 0 Å². The van der Waals surface area contributed by atoms with Crippen LogP contribution in [0.2, 0.25) is 0 Å². The van der Waals surface area contributed by atoms with Crippen molar-refractivity contribution in [2.24, 2.45) is 28.1 Å². The van der Waals surface area contributed by atoms with Crippen LogP contribution in [0.5, 0.6) is 0 Å². The minimum absolute atomic E-state index is 0.0434. The van der Waals surface area contributed by atoms with Crippen LogP contribution in [-0.4, -0.2) is 59.8 Å². The average Bonchev–Trinajstić information content (AvgIpc) is 3.31. The molecule has 5 heterocycles. The van der Waals surface area contributed by atoms with Crippen molar-refractivity contribution < 1.29 is 47.3 Å². The molecule has 4 aliphatic heterocycles. The Labute approximate surface area is 219 Å². The summed E-state index contributed by atoms with van der Waals surface area (Å²) in [6, 6.07) is 1.76. The van der Waals surface area contributed by atoms with Gasteiger partial charge in [0.25, 0.3) is 0 Å². The van der Waals surface area contributed by atoms with Gasteiger partial charge < -0.3 is 28.1 Å². The number of hydrogen-bond donors (Lipinski definition) is 0. The highest BCUT2D eigenvalue weighted by atomic mass is 16.7. The molecule has 10 atom stereocenters. The molecule has 0 amide bonds. The summed E-state index contributed by atoms with van der Waals surface area (Å²) in [6.07, 6.45) is 0.994. The first kappa shape index (κ1) is 24.3. The van der Waals surface area contributed by atoms with Gasteiger partial charge in [-0.05, 0) is 45.6 Å². The van der Waals surface area contributed by atoms with Gasteiger partial charge in [0.15, 0.2) is 18.0 Å². The summed E-state index contributed by atoms with van der Waals surface area (Å²) in [6.45, 7) is 8.93. The van der Waals surface area contributed by atoms with E-state index in [1.807, 2.05) is 27.7 Å². The number of rotatable bonds is 2. The summed E-state index contributed by atoms with van der Waals surface area (Å²) in [5.41, 5.74) is -4.21. The summed E-state index contributed by atoms with van der Waals surface area (Å²) in [7, 11) is 0. The lowest BCUT2D eigenvalue weighted by molar-refractivity contribution is -0.240. The summed E-state index contributed by atoms with van der Waals surface area (Å²) in [5, 5.41) is 0. The Morgan fingerprint density at radius 3 is 2.53 bits per heavy atom. The van der Waals surface area contributed by atoms with Crippen molar-refractivity contribution in [1.82, 2.24) is 0 Å². The van der Waals surface area contributed by atoms with Gasteiger partial charge >= 0.3 is 17.9 Å². The number of esters is 3. The normalized spacial score (nSPS) is 49.9. The average molecular weight is 529 g/mol. The zero-order valence-electron chi connectivity index (χ0n) is 22.1. The third kappa shape index (κ3) is 2.48. The van der Waals surface area contributed by atoms with Crippen molar-refractivity contribution in [2.45, 2.75) is 89.5 Å². The maximum absolute atomic E-state index is 14.8. The topological polar surface area (TPSA) is 131 Å². The van der Waals surface area contributed by atoms with Gasteiger partial charge in [-0.3, -0.25) is 14.4 Å². The fraction of sp³-hybridized carbons (Fsp3) is 0.714. The first-order valence-corrected chi connectivity index (χ1v) is 13.3. The molecule has 0 aromatic carbocycles. The molecule has 6 aliphatic rings. The van der Waals surface area contributed by atoms with Gasteiger partial charge in [-0.1, -0.05) is 6.92 Å². The zero-order valence-corrected chi connectivity index (χ0v) is 22.1.